The number of rotatable bonds is 23. The molecule has 0 bridgehead atoms. The second-order valence-electron chi connectivity index (χ2n) is 10.1. The third-order valence-corrected chi connectivity index (χ3v) is 7.09. The number of hydrogen-bond acceptors (Lipinski definition) is 4. The van der Waals surface area contributed by atoms with Crippen molar-refractivity contribution in [3.8, 4) is 0 Å². The fourth-order valence-corrected chi connectivity index (χ4v) is 4.86. The molecule has 1 fully saturated rings. The van der Waals surface area contributed by atoms with Gasteiger partial charge in [0.25, 0.3) is 0 Å². The van der Waals surface area contributed by atoms with E-state index in [9.17, 15) is 4.79 Å². The molecule has 1 saturated heterocycles. The van der Waals surface area contributed by atoms with Crippen LogP contribution in [0.5, 0.6) is 0 Å². The van der Waals surface area contributed by atoms with Crippen molar-refractivity contribution < 1.29 is 9.90 Å². The molecule has 0 saturated carbocycles. The summed E-state index contributed by atoms with van der Waals surface area (Å²) in [4.78, 5) is 16.8. The Kier molecular flexibility index (Phi) is 20.7. The van der Waals surface area contributed by atoms with Crippen molar-refractivity contribution in [3.63, 3.8) is 0 Å². The number of β-amino-alcohol motifs (C(OH)–C–C–N with tert-alkyl or cyclic N) is 1. The Morgan fingerprint density at radius 1 is 0.594 bits per heavy atom. The van der Waals surface area contributed by atoms with Crippen molar-refractivity contribution in [1.29, 1.82) is 0 Å². The lowest BCUT2D eigenvalue weighted by Gasteiger charge is -2.33. The Balaban J connectivity index is 1.75. The van der Waals surface area contributed by atoms with Gasteiger partial charge in [-0.25, -0.2) is 0 Å². The van der Waals surface area contributed by atoms with Crippen LogP contribution in [-0.4, -0.2) is 66.6 Å². The Bertz CT molecular complexity index is 408. The molecule has 1 aliphatic heterocycles. The summed E-state index contributed by atoms with van der Waals surface area (Å²) in [6.07, 6.45) is 25.7. The molecule has 0 spiro atoms. The second-order valence-corrected chi connectivity index (χ2v) is 10.1. The van der Waals surface area contributed by atoms with Crippen molar-refractivity contribution in [1.82, 2.24) is 9.80 Å². The summed E-state index contributed by atoms with van der Waals surface area (Å²) in [6.45, 7) is 7.80. The van der Waals surface area contributed by atoms with Gasteiger partial charge in [0.2, 0.25) is 0 Å². The monoisotopic (exact) mass is 452 g/mol. The smallest absolute Gasteiger partial charge is 0.146 e. The van der Waals surface area contributed by atoms with Gasteiger partial charge in [-0.05, 0) is 6.42 Å². The Morgan fingerprint density at radius 3 is 1.38 bits per heavy atom. The van der Waals surface area contributed by atoms with Gasteiger partial charge in [-0.15, -0.1) is 0 Å². The van der Waals surface area contributed by atoms with Gasteiger partial charge in [-0.1, -0.05) is 116 Å². The van der Waals surface area contributed by atoms with Gasteiger partial charge in [0, 0.05) is 39.1 Å². The second kappa shape index (κ2) is 22.3. The zero-order valence-corrected chi connectivity index (χ0v) is 21.6. The van der Waals surface area contributed by atoms with Crippen LogP contribution in [0.4, 0.5) is 0 Å². The molecule has 0 radical (unpaired) electrons. The van der Waals surface area contributed by atoms with Crippen molar-refractivity contribution in [2.45, 2.75) is 129 Å². The molecule has 4 nitrogen and oxygen atoms in total. The molecule has 1 rings (SSSR count). The van der Waals surface area contributed by atoms with Crippen molar-refractivity contribution in [2.75, 3.05) is 45.9 Å². The fourth-order valence-electron chi connectivity index (χ4n) is 4.86. The molecule has 0 aromatic heterocycles. The summed E-state index contributed by atoms with van der Waals surface area (Å²) in [5.74, 6) is 0.414. The number of hydrogen-bond donors (Lipinski definition) is 1. The van der Waals surface area contributed by atoms with Crippen LogP contribution in [0, 0.1) is 0 Å². The number of nitrogens with zero attached hydrogens (tertiary/aromatic N) is 2. The summed E-state index contributed by atoms with van der Waals surface area (Å²) < 4.78 is 0. The van der Waals surface area contributed by atoms with Gasteiger partial charge in [0.05, 0.1) is 13.2 Å². The van der Waals surface area contributed by atoms with Gasteiger partial charge in [-0.2, -0.15) is 0 Å². The highest BCUT2D eigenvalue weighted by atomic mass is 16.3. The summed E-state index contributed by atoms with van der Waals surface area (Å²) in [6, 6.07) is 0. The highest BCUT2D eigenvalue weighted by Crippen LogP contribution is 2.14. The standard InChI is InChI=1S/C28H56N2O2/c1-2-3-4-5-6-7-8-9-10-11-12-13-14-15-16-17-18-19-20-28(32)27-30-23-21-29(22-24-30)25-26-31/h31H,2-27H2,1H3. The Hall–Kier alpha value is -0.450. The van der Waals surface area contributed by atoms with Gasteiger partial charge in [-0.3, -0.25) is 14.6 Å². The molecule has 1 N–H and O–H groups in total. The Labute approximate surface area is 200 Å². The van der Waals surface area contributed by atoms with E-state index in [1.807, 2.05) is 0 Å². The molecule has 4 heteroatoms. The average Bonchev–Trinajstić information content (AvgIpc) is 2.80. The van der Waals surface area contributed by atoms with E-state index in [2.05, 4.69) is 16.7 Å². The maximum Gasteiger partial charge on any atom is 0.146 e. The van der Waals surface area contributed by atoms with Crippen molar-refractivity contribution in [3.05, 3.63) is 0 Å². The summed E-state index contributed by atoms with van der Waals surface area (Å²) in [5, 5.41) is 9.00. The van der Waals surface area contributed by atoms with E-state index in [1.165, 1.54) is 109 Å². The molecule has 0 unspecified atom stereocenters. The minimum Gasteiger partial charge on any atom is -0.395 e. The highest BCUT2D eigenvalue weighted by Gasteiger charge is 2.18. The summed E-state index contributed by atoms with van der Waals surface area (Å²) in [5.41, 5.74) is 0. The van der Waals surface area contributed by atoms with Crippen molar-refractivity contribution in [2.24, 2.45) is 0 Å². The minimum absolute atomic E-state index is 0.234. The van der Waals surface area contributed by atoms with Gasteiger partial charge in [0.1, 0.15) is 5.78 Å². The zero-order valence-electron chi connectivity index (χ0n) is 21.6. The quantitative estimate of drug-likeness (QED) is 0.177. The number of Topliss-reactive ketones (excluding diaryl/α,β-unsaturated/α-hetero) is 1. The summed E-state index contributed by atoms with van der Waals surface area (Å²) >= 11 is 0. The minimum atomic E-state index is 0.234. The molecule has 190 valence electrons. The first-order valence-electron chi connectivity index (χ1n) is 14.3. The molecule has 1 aliphatic rings. The van der Waals surface area contributed by atoms with Crippen LogP contribution in [0.25, 0.3) is 0 Å². The van der Waals surface area contributed by atoms with Crippen LogP contribution in [0.2, 0.25) is 0 Å². The maximum atomic E-state index is 12.2. The molecule has 1 heterocycles. The molecule has 0 atom stereocenters. The van der Waals surface area contributed by atoms with E-state index in [-0.39, 0.29) is 6.61 Å². The number of ketones is 1. The topological polar surface area (TPSA) is 43.8 Å². The first kappa shape index (κ1) is 29.6. The number of carbonyl (C=O) groups excluding carboxylic acids is 1. The first-order chi connectivity index (χ1) is 15.8. The van der Waals surface area contributed by atoms with E-state index in [0.29, 0.717) is 12.3 Å². The molecule has 0 aliphatic carbocycles. The predicted molar refractivity (Wildman–Crippen MR) is 138 cm³/mol. The number of unbranched alkanes of at least 4 members (excludes halogenated alkanes) is 17. The lowest BCUT2D eigenvalue weighted by molar-refractivity contribution is -0.120. The molecule has 0 aromatic rings. The van der Waals surface area contributed by atoms with E-state index < -0.39 is 0 Å². The molecular weight excluding hydrogens is 396 g/mol. The van der Waals surface area contributed by atoms with Crippen LogP contribution < -0.4 is 0 Å². The summed E-state index contributed by atoms with van der Waals surface area (Å²) in [7, 11) is 0. The molecule has 0 aromatic carbocycles. The lowest BCUT2D eigenvalue weighted by atomic mass is 10.0. The lowest BCUT2D eigenvalue weighted by Crippen LogP contribution is -2.48. The third kappa shape index (κ3) is 18.0. The van der Waals surface area contributed by atoms with Crippen molar-refractivity contribution >= 4 is 5.78 Å². The molecular formula is C28H56N2O2. The van der Waals surface area contributed by atoms with Crippen LogP contribution >= 0.6 is 0 Å². The van der Waals surface area contributed by atoms with Crippen LogP contribution in [-0.2, 0) is 4.79 Å². The van der Waals surface area contributed by atoms with E-state index in [1.54, 1.807) is 0 Å². The number of aliphatic hydroxyl groups excluding tert-OH is 1. The maximum absolute atomic E-state index is 12.2. The van der Waals surface area contributed by atoms with Crippen LogP contribution in [0.3, 0.4) is 0 Å². The normalized spacial score (nSPS) is 15.4. The van der Waals surface area contributed by atoms with E-state index in [4.69, 9.17) is 5.11 Å². The number of carbonyl (C=O) groups is 1. The number of piperazine rings is 1. The fraction of sp³-hybridized carbons (Fsp3) is 0.964. The Morgan fingerprint density at radius 2 is 0.969 bits per heavy atom. The van der Waals surface area contributed by atoms with Gasteiger partial charge >= 0.3 is 0 Å². The average molecular weight is 453 g/mol. The van der Waals surface area contributed by atoms with Gasteiger partial charge < -0.3 is 5.11 Å². The molecule has 0 amide bonds. The largest absolute Gasteiger partial charge is 0.395 e. The van der Waals surface area contributed by atoms with E-state index in [0.717, 1.165) is 45.6 Å². The van der Waals surface area contributed by atoms with Crippen LogP contribution in [0.15, 0.2) is 0 Å². The van der Waals surface area contributed by atoms with Crippen LogP contribution in [0.1, 0.15) is 129 Å². The number of aliphatic hydroxyl groups is 1. The van der Waals surface area contributed by atoms with Gasteiger partial charge in [0.15, 0.2) is 0 Å². The first-order valence-corrected chi connectivity index (χ1v) is 14.3. The molecule has 32 heavy (non-hydrogen) atoms. The highest BCUT2D eigenvalue weighted by molar-refractivity contribution is 5.80. The zero-order chi connectivity index (χ0) is 23.1. The van der Waals surface area contributed by atoms with E-state index >= 15 is 0 Å². The SMILES string of the molecule is CCCCCCCCCCCCCCCCCCCCC(=O)CN1CCN(CCO)CC1. The third-order valence-electron chi connectivity index (χ3n) is 7.09. The predicted octanol–water partition coefficient (Wildman–Crippen LogP) is 6.60.